The van der Waals surface area contributed by atoms with Gasteiger partial charge < -0.3 is 10.5 Å². The maximum atomic E-state index is 5.96. The molecule has 0 spiro atoms. The third kappa shape index (κ3) is 1.81. The molecule has 0 aromatic carbocycles. The first-order valence-corrected chi connectivity index (χ1v) is 5.87. The van der Waals surface area contributed by atoms with Gasteiger partial charge >= 0.3 is 0 Å². The number of ether oxygens (including phenoxy) is 1. The topological polar surface area (TPSA) is 38.5 Å². The van der Waals surface area contributed by atoms with Crippen molar-refractivity contribution in [3.8, 4) is 0 Å². The third-order valence-electron chi connectivity index (χ3n) is 3.62. The van der Waals surface area contributed by atoms with Crippen LogP contribution in [-0.2, 0) is 4.74 Å². The lowest BCUT2D eigenvalue weighted by Gasteiger charge is -2.45. The van der Waals surface area contributed by atoms with Gasteiger partial charge in [0.05, 0.1) is 12.1 Å². The minimum atomic E-state index is 0.161. The van der Waals surface area contributed by atoms with Crippen molar-refractivity contribution in [2.75, 3.05) is 26.3 Å². The van der Waals surface area contributed by atoms with Crippen LogP contribution in [0.2, 0.25) is 0 Å². The monoisotopic (exact) mass is 198 g/mol. The summed E-state index contributed by atoms with van der Waals surface area (Å²) in [7, 11) is 0. The van der Waals surface area contributed by atoms with Gasteiger partial charge in [-0.3, -0.25) is 4.90 Å². The molecule has 0 aromatic heterocycles. The van der Waals surface area contributed by atoms with Gasteiger partial charge in [0.25, 0.3) is 0 Å². The number of likely N-dealkylation sites (N-methyl/N-ethyl adjacent to an activating group) is 1. The molecule has 1 aliphatic heterocycles. The van der Waals surface area contributed by atoms with Gasteiger partial charge in [-0.15, -0.1) is 0 Å². The van der Waals surface area contributed by atoms with Crippen LogP contribution in [0.5, 0.6) is 0 Å². The molecule has 1 unspecified atom stereocenters. The Bertz CT molecular complexity index is 186. The van der Waals surface area contributed by atoms with Crippen molar-refractivity contribution in [1.82, 2.24) is 4.90 Å². The summed E-state index contributed by atoms with van der Waals surface area (Å²) in [6.07, 6.45) is 5.10. The van der Waals surface area contributed by atoms with Gasteiger partial charge in [-0.2, -0.15) is 0 Å². The summed E-state index contributed by atoms with van der Waals surface area (Å²) in [6.45, 7) is 5.87. The molecule has 3 nitrogen and oxygen atoms in total. The molecule has 3 heteroatoms. The zero-order valence-electron chi connectivity index (χ0n) is 9.17. The van der Waals surface area contributed by atoms with Gasteiger partial charge in [0.1, 0.15) is 0 Å². The Balaban J connectivity index is 2.06. The van der Waals surface area contributed by atoms with Crippen LogP contribution in [0.15, 0.2) is 0 Å². The standard InChI is InChI=1S/C11H22N2O/c1-2-13(10-4-5-10)11(8-12)6-3-7-14-9-11/h10H,2-9,12H2,1H3. The van der Waals surface area contributed by atoms with E-state index in [0.717, 1.165) is 32.3 Å². The molecule has 2 N–H and O–H groups in total. The molecule has 0 bridgehead atoms. The fourth-order valence-electron chi connectivity index (χ4n) is 2.71. The Hall–Kier alpha value is -0.120. The molecule has 82 valence electrons. The van der Waals surface area contributed by atoms with E-state index in [9.17, 15) is 0 Å². The lowest BCUT2D eigenvalue weighted by Crippen LogP contribution is -2.59. The van der Waals surface area contributed by atoms with Crippen molar-refractivity contribution >= 4 is 0 Å². The molecule has 0 radical (unpaired) electrons. The van der Waals surface area contributed by atoms with E-state index in [0.29, 0.717) is 0 Å². The molecule has 14 heavy (non-hydrogen) atoms. The van der Waals surface area contributed by atoms with E-state index < -0.39 is 0 Å². The average Bonchev–Trinajstić information content (AvgIpc) is 3.05. The Morgan fingerprint density at radius 2 is 2.29 bits per heavy atom. The maximum Gasteiger partial charge on any atom is 0.0662 e. The van der Waals surface area contributed by atoms with Crippen LogP contribution in [0.25, 0.3) is 0 Å². The van der Waals surface area contributed by atoms with Crippen LogP contribution in [-0.4, -0.2) is 42.8 Å². The van der Waals surface area contributed by atoms with Gasteiger partial charge in [0.2, 0.25) is 0 Å². The van der Waals surface area contributed by atoms with Crippen molar-refractivity contribution in [2.24, 2.45) is 5.73 Å². The number of hydrogen-bond acceptors (Lipinski definition) is 3. The quantitative estimate of drug-likeness (QED) is 0.732. The van der Waals surface area contributed by atoms with Crippen molar-refractivity contribution in [3.63, 3.8) is 0 Å². The smallest absolute Gasteiger partial charge is 0.0662 e. The van der Waals surface area contributed by atoms with Crippen molar-refractivity contribution in [1.29, 1.82) is 0 Å². The fourth-order valence-corrected chi connectivity index (χ4v) is 2.71. The first-order chi connectivity index (χ1) is 6.82. The third-order valence-corrected chi connectivity index (χ3v) is 3.62. The number of nitrogens with zero attached hydrogens (tertiary/aromatic N) is 1. The zero-order valence-corrected chi connectivity index (χ0v) is 9.17. The number of rotatable bonds is 4. The van der Waals surface area contributed by atoms with Crippen LogP contribution in [0.1, 0.15) is 32.6 Å². The minimum absolute atomic E-state index is 0.161. The minimum Gasteiger partial charge on any atom is -0.379 e. The number of hydrogen-bond donors (Lipinski definition) is 1. The molecule has 0 aromatic rings. The molecule has 1 aliphatic carbocycles. The summed E-state index contributed by atoms with van der Waals surface area (Å²) in [5.41, 5.74) is 6.12. The van der Waals surface area contributed by atoms with Gasteiger partial charge in [0, 0.05) is 19.2 Å². The summed E-state index contributed by atoms with van der Waals surface area (Å²) in [4.78, 5) is 2.59. The second kappa shape index (κ2) is 4.17. The highest BCUT2D eigenvalue weighted by Crippen LogP contribution is 2.36. The maximum absolute atomic E-state index is 5.96. The Kier molecular flexibility index (Phi) is 3.10. The van der Waals surface area contributed by atoms with E-state index >= 15 is 0 Å². The second-order valence-electron chi connectivity index (χ2n) is 4.60. The molecule has 1 atom stereocenters. The predicted octanol–water partition coefficient (Wildman–Crippen LogP) is 0.979. The normalized spacial score (nSPS) is 33.6. The van der Waals surface area contributed by atoms with Crippen LogP contribution in [0, 0.1) is 0 Å². The molecule has 2 rings (SSSR count). The predicted molar refractivity (Wildman–Crippen MR) is 57.2 cm³/mol. The van der Waals surface area contributed by atoms with Gasteiger partial charge in [-0.05, 0) is 32.2 Å². The molecule has 1 heterocycles. The number of nitrogens with two attached hydrogens (primary N) is 1. The van der Waals surface area contributed by atoms with Crippen LogP contribution >= 0.6 is 0 Å². The van der Waals surface area contributed by atoms with Gasteiger partial charge in [-0.25, -0.2) is 0 Å². The van der Waals surface area contributed by atoms with Crippen LogP contribution < -0.4 is 5.73 Å². The first kappa shape index (κ1) is 10.4. The lowest BCUT2D eigenvalue weighted by molar-refractivity contribution is -0.0468. The summed E-state index contributed by atoms with van der Waals surface area (Å²) < 4.78 is 5.62. The Morgan fingerprint density at radius 1 is 1.50 bits per heavy atom. The van der Waals surface area contributed by atoms with E-state index in [1.54, 1.807) is 0 Å². The summed E-state index contributed by atoms with van der Waals surface area (Å²) in [6, 6.07) is 0.797. The molecule has 0 amide bonds. The fraction of sp³-hybridized carbons (Fsp3) is 1.00. The van der Waals surface area contributed by atoms with E-state index in [-0.39, 0.29) is 5.54 Å². The van der Waals surface area contributed by atoms with Gasteiger partial charge in [-0.1, -0.05) is 6.92 Å². The lowest BCUT2D eigenvalue weighted by atomic mass is 9.90. The molecular formula is C11H22N2O. The highest BCUT2D eigenvalue weighted by atomic mass is 16.5. The van der Waals surface area contributed by atoms with E-state index in [1.807, 2.05) is 0 Å². The van der Waals surface area contributed by atoms with Crippen molar-refractivity contribution < 1.29 is 4.74 Å². The molecule has 2 fully saturated rings. The highest BCUT2D eigenvalue weighted by Gasteiger charge is 2.43. The van der Waals surface area contributed by atoms with Crippen LogP contribution in [0.4, 0.5) is 0 Å². The zero-order chi connectivity index (χ0) is 10.0. The molecule has 2 aliphatic rings. The van der Waals surface area contributed by atoms with Crippen molar-refractivity contribution in [3.05, 3.63) is 0 Å². The largest absolute Gasteiger partial charge is 0.379 e. The Labute approximate surface area is 86.6 Å². The summed E-state index contributed by atoms with van der Waals surface area (Å²) in [5.74, 6) is 0. The molecule has 1 saturated heterocycles. The first-order valence-electron chi connectivity index (χ1n) is 5.87. The Morgan fingerprint density at radius 3 is 2.71 bits per heavy atom. The van der Waals surface area contributed by atoms with Crippen molar-refractivity contribution in [2.45, 2.75) is 44.2 Å². The average molecular weight is 198 g/mol. The second-order valence-corrected chi connectivity index (χ2v) is 4.60. The van der Waals surface area contributed by atoms with E-state index in [2.05, 4.69) is 11.8 Å². The summed E-state index contributed by atoms with van der Waals surface area (Å²) in [5, 5.41) is 0. The van der Waals surface area contributed by atoms with Crippen LogP contribution in [0.3, 0.4) is 0 Å². The molecule has 1 saturated carbocycles. The van der Waals surface area contributed by atoms with E-state index in [4.69, 9.17) is 10.5 Å². The summed E-state index contributed by atoms with van der Waals surface area (Å²) >= 11 is 0. The highest BCUT2D eigenvalue weighted by molar-refractivity contribution is 5.00. The molecular weight excluding hydrogens is 176 g/mol. The SMILES string of the molecule is CCN(C1CC1)C1(CN)CCCOC1. The van der Waals surface area contributed by atoms with Gasteiger partial charge in [0.15, 0.2) is 0 Å². The van der Waals surface area contributed by atoms with E-state index in [1.165, 1.54) is 25.7 Å².